The van der Waals surface area contributed by atoms with Gasteiger partial charge in [-0.2, -0.15) is 0 Å². The summed E-state index contributed by atoms with van der Waals surface area (Å²) in [5.41, 5.74) is 4.06. The SMILES string of the molecule is C1=CC(c2cccc3c2sc2ccccc23)=CC(c2ccc3c4ccccc4c4ccccc4c3c2)C1. The summed E-state index contributed by atoms with van der Waals surface area (Å²) in [7, 11) is 0. The molecule has 37 heavy (non-hydrogen) atoms. The molecule has 6 aromatic carbocycles. The molecule has 8 rings (SSSR count). The van der Waals surface area contributed by atoms with Gasteiger partial charge in [0.2, 0.25) is 0 Å². The molecule has 0 fully saturated rings. The molecular formula is C36H24S. The summed E-state index contributed by atoms with van der Waals surface area (Å²) in [4.78, 5) is 0. The Morgan fingerprint density at radius 3 is 1.92 bits per heavy atom. The van der Waals surface area contributed by atoms with E-state index >= 15 is 0 Å². The van der Waals surface area contributed by atoms with Crippen LogP contribution in [0.3, 0.4) is 0 Å². The van der Waals surface area contributed by atoms with Gasteiger partial charge in [-0.15, -0.1) is 11.3 Å². The highest BCUT2D eigenvalue weighted by atomic mass is 32.1. The summed E-state index contributed by atoms with van der Waals surface area (Å²) < 4.78 is 2.74. The van der Waals surface area contributed by atoms with Crippen molar-refractivity contribution in [3.63, 3.8) is 0 Å². The van der Waals surface area contributed by atoms with Crippen molar-refractivity contribution in [2.45, 2.75) is 12.3 Å². The van der Waals surface area contributed by atoms with Crippen LogP contribution in [0.15, 0.2) is 127 Å². The first-order valence-electron chi connectivity index (χ1n) is 13.0. The topological polar surface area (TPSA) is 0 Å². The number of hydrogen-bond acceptors (Lipinski definition) is 1. The maximum Gasteiger partial charge on any atom is 0.0433 e. The first-order valence-corrected chi connectivity index (χ1v) is 13.8. The highest BCUT2D eigenvalue weighted by Gasteiger charge is 2.17. The molecule has 1 aliphatic rings. The molecule has 174 valence electrons. The number of benzene rings is 6. The molecule has 0 nitrogen and oxygen atoms in total. The Hall–Kier alpha value is -4.20. The fourth-order valence-electron chi connectivity index (χ4n) is 6.22. The van der Waals surface area contributed by atoms with Crippen LogP contribution in [-0.2, 0) is 0 Å². The summed E-state index contributed by atoms with van der Waals surface area (Å²) in [6.45, 7) is 0. The minimum atomic E-state index is 0.360. The Morgan fingerprint density at radius 1 is 0.541 bits per heavy atom. The van der Waals surface area contributed by atoms with E-state index in [9.17, 15) is 0 Å². The highest BCUT2D eigenvalue weighted by molar-refractivity contribution is 7.26. The Balaban J connectivity index is 1.30. The lowest BCUT2D eigenvalue weighted by atomic mass is 9.85. The van der Waals surface area contributed by atoms with Gasteiger partial charge in [0.1, 0.15) is 0 Å². The Labute approximate surface area is 219 Å². The van der Waals surface area contributed by atoms with Gasteiger partial charge in [-0.3, -0.25) is 0 Å². The monoisotopic (exact) mass is 488 g/mol. The fraction of sp³-hybridized carbons (Fsp3) is 0.0556. The van der Waals surface area contributed by atoms with Gasteiger partial charge >= 0.3 is 0 Å². The molecule has 0 amide bonds. The molecule has 0 spiro atoms. The van der Waals surface area contributed by atoms with Crippen molar-refractivity contribution in [2.75, 3.05) is 0 Å². The van der Waals surface area contributed by atoms with Gasteiger partial charge in [0.15, 0.2) is 0 Å². The largest absolute Gasteiger partial charge is 0.135 e. The molecule has 0 saturated heterocycles. The maximum absolute atomic E-state index is 2.49. The molecule has 0 saturated carbocycles. The average Bonchev–Trinajstić information content (AvgIpc) is 3.36. The lowest BCUT2D eigenvalue weighted by molar-refractivity contribution is 0.859. The second-order valence-electron chi connectivity index (χ2n) is 10.0. The Morgan fingerprint density at radius 2 is 1.16 bits per heavy atom. The van der Waals surface area contributed by atoms with Gasteiger partial charge in [0.25, 0.3) is 0 Å². The van der Waals surface area contributed by atoms with E-state index in [4.69, 9.17) is 0 Å². The predicted molar refractivity (Wildman–Crippen MR) is 163 cm³/mol. The maximum atomic E-state index is 2.49. The molecule has 1 aliphatic carbocycles. The summed E-state index contributed by atoms with van der Waals surface area (Å²) in [5.74, 6) is 0.360. The average molecular weight is 489 g/mol. The third-order valence-corrected chi connectivity index (χ3v) is 9.20. The van der Waals surface area contributed by atoms with Crippen molar-refractivity contribution in [1.29, 1.82) is 0 Å². The first-order chi connectivity index (χ1) is 18.3. The normalized spacial score (nSPS) is 15.8. The van der Waals surface area contributed by atoms with Crippen molar-refractivity contribution in [3.05, 3.63) is 139 Å². The molecule has 1 unspecified atom stereocenters. The van der Waals surface area contributed by atoms with Crippen molar-refractivity contribution < 1.29 is 0 Å². The van der Waals surface area contributed by atoms with Crippen molar-refractivity contribution in [3.8, 4) is 0 Å². The van der Waals surface area contributed by atoms with Gasteiger partial charge < -0.3 is 0 Å². The van der Waals surface area contributed by atoms with Gasteiger partial charge in [-0.05, 0) is 67.6 Å². The number of hydrogen-bond donors (Lipinski definition) is 0. The Bertz CT molecular complexity index is 2030. The molecule has 0 bridgehead atoms. The van der Waals surface area contributed by atoms with Gasteiger partial charge in [-0.25, -0.2) is 0 Å². The standard InChI is InChI=1S/C36H24S/c1-2-13-29-27(11-1)28-12-3-4-14-30(28)34-22-24(19-20-31(29)34)23-9-7-10-25(21-23)26-16-8-17-33-32-15-5-6-18-35(32)37-36(26)33/h1-8,10-23H,9H2. The lowest BCUT2D eigenvalue weighted by Crippen LogP contribution is -1.99. The molecule has 0 N–H and O–H groups in total. The van der Waals surface area contributed by atoms with Crippen molar-refractivity contribution in [2.24, 2.45) is 0 Å². The predicted octanol–water partition coefficient (Wildman–Crippen LogP) is 10.6. The zero-order chi connectivity index (χ0) is 24.3. The van der Waals surface area contributed by atoms with E-state index in [1.807, 2.05) is 11.3 Å². The van der Waals surface area contributed by atoms with Crippen LogP contribution in [0.25, 0.3) is 58.1 Å². The van der Waals surface area contributed by atoms with Crippen LogP contribution < -0.4 is 0 Å². The minimum Gasteiger partial charge on any atom is -0.135 e. The third-order valence-electron chi connectivity index (χ3n) is 7.98. The first kappa shape index (κ1) is 20.9. The van der Waals surface area contributed by atoms with Crippen molar-refractivity contribution >= 4 is 69.4 Å². The second-order valence-corrected chi connectivity index (χ2v) is 11.1. The molecule has 1 atom stereocenters. The minimum absolute atomic E-state index is 0.360. The molecule has 7 aromatic rings. The molecule has 1 aromatic heterocycles. The van der Waals surface area contributed by atoms with E-state index in [1.54, 1.807) is 0 Å². The summed E-state index contributed by atoms with van der Waals surface area (Å²) in [5, 5.41) is 10.7. The highest BCUT2D eigenvalue weighted by Crippen LogP contribution is 2.42. The van der Waals surface area contributed by atoms with Crippen molar-refractivity contribution in [1.82, 2.24) is 0 Å². The number of allylic oxidation sites excluding steroid dienone is 4. The van der Waals surface area contributed by atoms with Gasteiger partial charge in [-0.1, -0.05) is 115 Å². The lowest BCUT2D eigenvalue weighted by Gasteiger charge is -2.19. The van der Waals surface area contributed by atoms with E-state index in [0.717, 1.165) is 6.42 Å². The number of thiophene rings is 1. The molecular weight excluding hydrogens is 464 g/mol. The number of fused-ring (bicyclic) bond motifs is 9. The van der Waals surface area contributed by atoms with Crippen LogP contribution in [0.1, 0.15) is 23.5 Å². The van der Waals surface area contributed by atoms with Gasteiger partial charge in [0, 0.05) is 26.1 Å². The number of rotatable bonds is 2. The van der Waals surface area contributed by atoms with Crippen LogP contribution in [-0.4, -0.2) is 0 Å². The van der Waals surface area contributed by atoms with Crippen LogP contribution >= 0.6 is 11.3 Å². The third kappa shape index (κ3) is 3.21. The van der Waals surface area contributed by atoms with Crippen LogP contribution in [0.4, 0.5) is 0 Å². The second kappa shape index (κ2) is 8.16. The van der Waals surface area contributed by atoms with E-state index in [0.29, 0.717) is 5.92 Å². The summed E-state index contributed by atoms with van der Waals surface area (Å²) in [6, 6.07) is 40.3. The summed E-state index contributed by atoms with van der Waals surface area (Å²) in [6.07, 6.45) is 8.20. The van der Waals surface area contributed by atoms with E-state index in [-0.39, 0.29) is 0 Å². The van der Waals surface area contributed by atoms with Crippen LogP contribution in [0.2, 0.25) is 0 Å². The molecule has 0 radical (unpaired) electrons. The summed E-state index contributed by atoms with van der Waals surface area (Å²) >= 11 is 1.91. The van der Waals surface area contributed by atoms with Crippen LogP contribution in [0, 0.1) is 0 Å². The van der Waals surface area contributed by atoms with E-state index in [1.165, 1.54) is 69.2 Å². The smallest absolute Gasteiger partial charge is 0.0433 e. The van der Waals surface area contributed by atoms with Gasteiger partial charge in [0.05, 0.1) is 0 Å². The molecule has 0 aliphatic heterocycles. The molecule has 1 heterocycles. The quantitative estimate of drug-likeness (QED) is 0.212. The van der Waals surface area contributed by atoms with E-state index in [2.05, 4.69) is 127 Å². The Kier molecular flexibility index (Phi) is 4.62. The fourth-order valence-corrected chi connectivity index (χ4v) is 7.46. The zero-order valence-electron chi connectivity index (χ0n) is 20.3. The molecule has 1 heteroatoms. The van der Waals surface area contributed by atoms with E-state index < -0.39 is 0 Å². The van der Waals surface area contributed by atoms with Crippen LogP contribution in [0.5, 0.6) is 0 Å². The zero-order valence-corrected chi connectivity index (χ0v) is 21.1.